The van der Waals surface area contributed by atoms with E-state index in [0.29, 0.717) is 54.3 Å². The summed E-state index contributed by atoms with van der Waals surface area (Å²) in [6, 6.07) is 10.5. The SMILES string of the molecule is CC[C@H]1CN(c2nc(N)c(C(=O)Nc3ccc(Cl)cc3)nc2Cl)CCN1C1CCN(C(=O)c2ccc(Cl)nc2N)CC1. The van der Waals surface area contributed by atoms with Crippen molar-refractivity contribution in [1.82, 2.24) is 24.8 Å². The molecule has 2 aliphatic heterocycles. The van der Waals surface area contributed by atoms with Gasteiger partial charge in [0.1, 0.15) is 11.0 Å². The van der Waals surface area contributed by atoms with Gasteiger partial charge in [0.25, 0.3) is 11.8 Å². The minimum absolute atomic E-state index is 0.00454. The van der Waals surface area contributed by atoms with Gasteiger partial charge in [-0.05, 0) is 55.7 Å². The summed E-state index contributed by atoms with van der Waals surface area (Å²) in [6.07, 6.45) is 2.63. The number of pyridine rings is 1. The number of benzene rings is 1. The highest BCUT2D eigenvalue weighted by molar-refractivity contribution is 6.32. The van der Waals surface area contributed by atoms with Gasteiger partial charge in [-0.3, -0.25) is 14.5 Å². The lowest BCUT2D eigenvalue weighted by Crippen LogP contribution is -2.58. The second-order valence-electron chi connectivity index (χ2n) is 10.4. The zero-order chi connectivity index (χ0) is 30.0. The summed E-state index contributed by atoms with van der Waals surface area (Å²) in [4.78, 5) is 45.1. The molecular formula is C28H32Cl3N9O2. The van der Waals surface area contributed by atoms with E-state index >= 15 is 0 Å². The lowest BCUT2D eigenvalue weighted by atomic mass is 9.97. The lowest BCUT2D eigenvalue weighted by Gasteiger charge is -2.47. The molecular weight excluding hydrogens is 601 g/mol. The largest absolute Gasteiger partial charge is 0.383 e. The van der Waals surface area contributed by atoms with Gasteiger partial charge in [0, 0.05) is 55.5 Å². The highest BCUT2D eigenvalue weighted by Crippen LogP contribution is 2.30. The van der Waals surface area contributed by atoms with Gasteiger partial charge < -0.3 is 26.6 Å². The molecule has 14 heteroatoms. The lowest BCUT2D eigenvalue weighted by molar-refractivity contribution is 0.0491. The number of rotatable bonds is 6. The molecule has 0 unspecified atom stereocenters. The van der Waals surface area contributed by atoms with Crippen LogP contribution in [-0.2, 0) is 0 Å². The normalized spacial score (nSPS) is 18.2. The molecule has 2 aromatic heterocycles. The number of likely N-dealkylation sites (tertiary alicyclic amines) is 1. The molecule has 0 aliphatic carbocycles. The van der Waals surface area contributed by atoms with Crippen LogP contribution >= 0.6 is 34.8 Å². The van der Waals surface area contributed by atoms with Crippen molar-refractivity contribution in [3.63, 3.8) is 0 Å². The Balaban J connectivity index is 1.21. The number of hydrogen-bond acceptors (Lipinski definition) is 9. The Morgan fingerprint density at radius 3 is 2.31 bits per heavy atom. The van der Waals surface area contributed by atoms with Crippen molar-refractivity contribution in [2.45, 2.75) is 38.3 Å². The van der Waals surface area contributed by atoms with Crippen LogP contribution in [0.25, 0.3) is 0 Å². The van der Waals surface area contributed by atoms with E-state index in [1.54, 1.807) is 36.4 Å². The van der Waals surface area contributed by atoms with Crippen molar-refractivity contribution >= 4 is 69.8 Å². The summed E-state index contributed by atoms with van der Waals surface area (Å²) >= 11 is 18.4. The average Bonchev–Trinajstić information content (AvgIpc) is 2.98. The van der Waals surface area contributed by atoms with Gasteiger partial charge in [-0.2, -0.15) is 0 Å². The third-order valence-corrected chi connectivity index (χ3v) is 8.54. The Bertz CT molecular complexity index is 1470. The maximum absolute atomic E-state index is 13.0. The molecule has 42 heavy (non-hydrogen) atoms. The van der Waals surface area contributed by atoms with Crippen molar-refractivity contribution in [3.05, 3.63) is 63.0 Å². The van der Waals surface area contributed by atoms with Crippen LogP contribution in [0.15, 0.2) is 36.4 Å². The van der Waals surface area contributed by atoms with Crippen molar-refractivity contribution < 1.29 is 9.59 Å². The minimum Gasteiger partial charge on any atom is -0.383 e. The number of carbonyl (C=O) groups excluding carboxylic acids is 2. The Labute approximate surface area is 259 Å². The second kappa shape index (κ2) is 12.9. The van der Waals surface area contributed by atoms with Gasteiger partial charge >= 0.3 is 0 Å². The second-order valence-corrected chi connectivity index (χ2v) is 11.6. The fourth-order valence-electron chi connectivity index (χ4n) is 5.62. The van der Waals surface area contributed by atoms with Crippen molar-refractivity contribution in [1.29, 1.82) is 0 Å². The molecule has 3 aromatic rings. The summed E-state index contributed by atoms with van der Waals surface area (Å²) in [7, 11) is 0. The number of anilines is 4. The molecule has 2 fully saturated rings. The van der Waals surface area contributed by atoms with Crippen molar-refractivity contribution in [2.75, 3.05) is 54.4 Å². The maximum Gasteiger partial charge on any atom is 0.278 e. The number of nitrogens with zero attached hydrogens (tertiary/aromatic N) is 6. The van der Waals surface area contributed by atoms with Crippen LogP contribution < -0.4 is 21.7 Å². The van der Waals surface area contributed by atoms with Gasteiger partial charge in [-0.15, -0.1) is 0 Å². The third-order valence-electron chi connectivity index (χ3n) is 7.82. The number of piperazine rings is 1. The van der Waals surface area contributed by atoms with E-state index in [-0.39, 0.29) is 39.6 Å². The first-order valence-corrected chi connectivity index (χ1v) is 14.9. The topological polar surface area (TPSA) is 147 Å². The van der Waals surface area contributed by atoms with Crippen molar-refractivity contribution in [2.24, 2.45) is 0 Å². The molecule has 1 atom stereocenters. The van der Waals surface area contributed by atoms with Crippen LogP contribution in [0.2, 0.25) is 15.3 Å². The van der Waals surface area contributed by atoms with E-state index in [1.165, 1.54) is 0 Å². The Morgan fingerprint density at radius 2 is 1.64 bits per heavy atom. The van der Waals surface area contributed by atoms with Crippen LogP contribution in [0.3, 0.4) is 0 Å². The molecule has 0 saturated carbocycles. The summed E-state index contributed by atoms with van der Waals surface area (Å²) in [5.41, 5.74) is 13.0. The summed E-state index contributed by atoms with van der Waals surface area (Å²) in [5.74, 6) is -0.0147. The number of halogens is 3. The number of piperidine rings is 1. The molecule has 5 rings (SSSR count). The fraction of sp³-hybridized carbons (Fsp3) is 0.393. The zero-order valence-electron chi connectivity index (χ0n) is 23.1. The molecule has 2 amide bonds. The summed E-state index contributed by atoms with van der Waals surface area (Å²) in [6.45, 7) is 5.58. The number of nitrogen functional groups attached to an aromatic ring is 2. The predicted molar refractivity (Wildman–Crippen MR) is 166 cm³/mol. The van der Waals surface area contributed by atoms with Gasteiger partial charge in [0.05, 0.1) is 5.56 Å². The maximum atomic E-state index is 13.0. The van der Waals surface area contributed by atoms with E-state index in [2.05, 4.69) is 37.0 Å². The molecule has 0 bridgehead atoms. The van der Waals surface area contributed by atoms with Crippen LogP contribution in [0.1, 0.15) is 47.0 Å². The number of aromatic nitrogens is 3. The number of carbonyl (C=O) groups is 2. The first-order valence-electron chi connectivity index (χ1n) is 13.8. The van der Waals surface area contributed by atoms with Gasteiger partial charge in [0.2, 0.25) is 0 Å². The van der Waals surface area contributed by atoms with E-state index < -0.39 is 5.91 Å². The zero-order valence-corrected chi connectivity index (χ0v) is 25.3. The number of nitrogens with one attached hydrogen (secondary N) is 1. The minimum atomic E-state index is -0.508. The number of nitrogens with two attached hydrogens (primary N) is 2. The smallest absolute Gasteiger partial charge is 0.278 e. The third kappa shape index (κ3) is 6.49. The molecule has 0 spiro atoms. The summed E-state index contributed by atoms with van der Waals surface area (Å²) in [5, 5.41) is 3.68. The molecule has 2 saturated heterocycles. The fourth-order valence-corrected chi connectivity index (χ4v) is 6.14. The average molecular weight is 633 g/mol. The van der Waals surface area contributed by atoms with E-state index in [1.807, 2.05) is 4.90 Å². The summed E-state index contributed by atoms with van der Waals surface area (Å²) < 4.78 is 0. The van der Waals surface area contributed by atoms with E-state index in [9.17, 15) is 9.59 Å². The highest BCUT2D eigenvalue weighted by Gasteiger charge is 2.35. The highest BCUT2D eigenvalue weighted by atomic mass is 35.5. The molecule has 4 heterocycles. The van der Waals surface area contributed by atoms with Gasteiger partial charge in [-0.1, -0.05) is 41.7 Å². The van der Waals surface area contributed by atoms with Crippen LogP contribution in [0.4, 0.5) is 23.1 Å². The Hall–Kier alpha value is -3.38. The Kier molecular flexibility index (Phi) is 9.22. The van der Waals surface area contributed by atoms with Crippen molar-refractivity contribution in [3.8, 4) is 0 Å². The van der Waals surface area contributed by atoms with Gasteiger partial charge in [-0.25, -0.2) is 15.0 Å². The van der Waals surface area contributed by atoms with E-state index in [0.717, 1.165) is 25.8 Å². The molecule has 1 aromatic carbocycles. The first-order chi connectivity index (χ1) is 20.1. The monoisotopic (exact) mass is 631 g/mol. The van der Waals surface area contributed by atoms with Crippen LogP contribution in [0.5, 0.6) is 0 Å². The predicted octanol–water partition coefficient (Wildman–Crippen LogP) is 4.45. The Morgan fingerprint density at radius 1 is 0.929 bits per heavy atom. The van der Waals surface area contributed by atoms with Gasteiger partial charge in [0.15, 0.2) is 22.5 Å². The molecule has 11 nitrogen and oxygen atoms in total. The molecule has 2 aliphatic rings. The van der Waals surface area contributed by atoms with Crippen LogP contribution in [-0.4, -0.2) is 81.4 Å². The quantitative estimate of drug-likeness (QED) is 0.335. The molecule has 222 valence electrons. The molecule has 5 N–H and O–H groups in total. The standard InChI is InChI=1S/C28H32Cl3N9O2/c1-2-18-15-39(26-23(31)36-22(25(33)37-26)27(41)34-17-5-3-16(29)4-6-17)13-14-40(18)19-9-11-38(12-10-19)28(42)20-7-8-21(30)35-24(20)32/h3-8,18-19H,2,9-15H2,1H3,(H2,32,35)(H2,33,37)(H,34,41)/t18-/m0/s1. The molecule has 0 radical (unpaired) electrons. The van der Waals surface area contributed by atoms with E-state index in [4.69, 9.17) is 46.3 Å². The first kappa shape index (κ1) is 30.1. The van der Waals surface area contributed by atoms with Crippen LogP contribution in [0, 0.1) is 0 Å². The number of amides is 2. The number of hydrogen-bond donors (Lipinski definition) is 3.